The largest absolute Gasteiger partial charge is 0.496 e. The second-order valence-corrected chi connectivity index (χ2v) is 7.30. The molecule has 1 heterocycles. The Kier molecular flexibility index (Phi) is 5.19. The number of piperazine rings is 1. The standard InChI is InChI=1S/C23H26N2O/c1-26-23-12-5-3-8-21(23)18-25-15-13-24(14-16-25)17-20-10-6-9-19-7-2-4-11-22(19)20/h2-12H,13-18H2,1H3/p+2. The Labute approximate surface area is 155 Å². The van der Waals surface area contributed by atoms with Crippen LogP contribution in [0.5, 0.6) is 5.75 Å². The first-order valence-electron chi connectivity index (χ1n) is 9.59. The molecule has 1 fully saturated rings. The minimum atomic E-state index is 1.02. The number of methoxy groups -OCH3 is 1. The zero-order valence-corrected chi connectivity index (χ0v) is 15.5. The van der Waals surface area contributed by atoms with Crippen molar-refractivity contribution in [2.24, 2.45) is 0 Å². The Morgan fingerprint density at radius 1 is 0.692 bits per heavy atom. The summed E-state index contributed by atoms with van der Waals surface area (Å²) >= 11 is 0. The highest BCUT2D eigenvalue weighted by atomic mass is 16.5. The molecule has 0 bridgehead atoms. The molecule has 0 radical (unpaired) electrons. The fraction of sp³-hybridized carbons (Fsp3) is 0.304. The second kappa shape index (κ2) is 7.90. The van der Waals surface area contributed by atoms with Crippen molar-refractivity contribution in [1.82, 2.24) is 0 Å². The van der Waals surface area contributed by atoms with Crippen molar-refractivity contribution in [3.05, 3.63) is 77.9 Å². The molecule has 134 valence electrons. The minimum absolute atomic E-state index is 1.02. The van der Waals surface area contributed by atoms with Gasteiger partial charge in [0.25, 0.3) is 0 Å². The first-order valence-corrected chi connectivity index (χ1v) is 9.59. The summed E-state index contributed by atoms with van der Waals surface area (Å²) in [6.07, 6.45) is 0. The quantitative estimate of drug-likeness (QED) is 0.712. The molecule has 3 aromatic rings. The van der Waals surface area contributed by atoms with Gasteiger partial charge in [-0.1, -0.05) is 54.6 Å². The Balaban J connectivity index is 1.38. The maximum Gasteiger partial charge on any atom is 0.127 e. The van der Waals surface area contributed by atoms with E-state index >= 15 is 0 Å². The molecule has 0 amide bonds. The van der Waals surface area contributed by atoms with Crippen LogP contribution in [0.15, 0.2) is 66.7 Å². The molecule has 3 aromatic carbocycles. The van der Waals surface area contributed by atoms with Crippen LogP contribution in [0.4, 0.5) is 0 Å². The molecule has 0 aromatic heterocycles. The molecule has 0 unspecified atom stereocenters. The monoisotopic (exact) mass is 348 g/mol. The van der Waals surface area contributed by atoms with E-state index in [1.54, 1.807) is 16.9 Å². The fourth-order valence-corrected chi connectivity index (χ4v) is 4.14. The fourth-order valence-electron chi connectivity index (χ4n) is 4.14. The molecule has 0 saturated carbocycles. The molecule has 0 atom stereocenters. The van der Waals surface area contributed by atoms with E-state index in [-0.39, 0.29) is 0 Å². The summed E-state index contributed by atoms with van der Waals surface area (Å²) in [5.74, 6) is 1.02. The maximum absolute atomic E-state index is 5.51. The molecule has 3 heteroatoms. The molecular weight excluding hydrogens is 320 g/mol. The van der Waals surface area contributed by atoms with Gasteiger partial charge in [0.05, 0.1) is 7.11 Å². The summed E-state index contributed by atoms with van der Waals surface area (Å²) in [6, 6.07) is 23.9. The van der Waals surface area contributed by atoms with Crippen molar-refractivity contribution in [2.45, 2.75) is 13.1 Å². The summed E-state index contributed by atoms with van der Waals surface area (Å²) in [4.78, 5) is 3.36. The smallest absolute Gasteiger partial charge is 0.127 e. The number of fused-ring (bicyclic) bond motifs is 1. The summed E-state index contributed by atoms with van der Waals surface area (Å²) in [7, 11) is 1.76. The first kappa shape index (κ1) is 17.1. The van der Waals surface area contributed by atoms with Gasteiger partial charge in [0, 0.05) is 11.1 Å². The molecule has 26 heavy (non-hydrogen) atoms. The molecule has 2 N–H and O–H groups in total. The van der Waals surface area contributed by atoms with E-state index in [9.17, 15) is 0 Å². The molecule has 0 aliphatic carbocycles. The number of para-hydroxylation sites is 1. The van der Waals surface area contributed by atoms with Gasteiger partial charge in [-0.3, -0.25) is 0 Å². The van der Waals surface area contributed by atoms with E-state index < -0.39 is 0 Å². The van der Waals surface area contributed by atoms with Crippen LogP contribution in [0.1, 0.15) is 11.1 Å². The van der Waals surface area contributed by atoms with Gasteiger partial charge < -0.3 is 14.5 Å². The van der Waals surface area contributed by atoms with Crippen LogP contribution in [0, 0.1) is 0 Å². The van der Waals surface area contributed by atoms with Gasteiger partial charge in [-0.05, 0) is 22.9 Å². The molecular formula is C23H28N2O+2. The lowest BCUT2D eigenvalue weighted by Crippen LogP contribution is -3.27. The van der Waals surface area contributed by atoms with Crippen molar-refractivity contribution in [1.29, 1.82) is 0 Å². The minimum Gasteiger partial charge on any atom is -0.496 e. The van der Waals surface area contributed by atoms with Crippen molar-refractivity contribution in [2.75, 3.05) is 33.3 Å². The van der Waals surface area contributed by atoms with Gasteiger partial charge in [-0.2, -0.15) is 0 Å². The van der Waals surface area contributed by atoms with Gasteiger partial charge in [0.2, 0.25) is 0 Å². The van der Waals surface area contributed by atoms with E-state index in [2.05, 4.69) is 60.7 Å². The first-order chi connectivity index (χ1) is 12.8. The van der Waals surface area contributed by atoms with Crippen LogP contribution in [-0.4, -0.2) is 33.3 Å². The molecule has 0 spiro atoms. The Bertz CT molecular complexity index is 863. The van der Waals surface area contributed by atoms with Gasteiger partial charge in [-0.25, -0.2) is 0 Å². The number of rotatable bonds is 5. The highest BCUT2D eigenvalue weighted by Crippen LogP contribution is 2.18. The van der Waals surface area contributed by atoms with E-state index in [1.807, 2.05) is 6.07 Å². The number of nitrogens with one attached hydrogen (secondary N) is 2. The van der Waals surface area contributed by atoms with Gasteiger partial charge in [0.15, 0.2) is 0 Å². The summed E-state index contributed by atoms with van der Waals surface area (Å²) in [5.41, 5.74) is 2.80. The zero-order chi connectivity index (χ0) is 17.8. The van der Waals surface area contributed by atoms with E-state index in [0.717, 1.165) is 18.8 Å². The van der Waals surface area contributed by atoms with E-state index in [4.69, 9.17) is 4.74 Å². The third-order valence-corrected chi connectivity index (χ3v) is 5.62. The topological polar surface area (TPSA) is 18.1 Å². The highest BCUT2D eigenvalue weighted by Gasteiger charge is 2.24. The lowest BCUT2D eigenvalue weighted by molar-refractivity contribution is -1.02. The average Bonchev–Trinajstić information content (AvgIpc) is 2.70. The highest BCUT2D eigenvalue weighted by molar-refractivity contribution is 5.85. The zero-order valence-electron chi connectivity index (χ0n) is 15.5. The van der Waals surface area contributed by atoms with Crippen LogP contribution < -0.4 is 14.5 Å². The van der Waals surface area contributed by atoms with Crippen LogP contribution in [0.25, 0.3) is 10.8 Å². The van der Waals surface area contributed by atoms with Crippen LogP contribution >= 0.6 is 0 Å². The molecule has 4 rings (SSSR count). The second-order valence-electron chi connectivity index (χ2n) is 7.30. The molecule has 3 nitrogen and oxygen atoms in total. The number of hydrogen-bond donors (Lipinski definition) is 2. The van der Waals surface area contributed by atoms with E-state index in [1.165, 1.54) is 48.1 Å². The number of quaternary nitrogens is 2. The van der Waals surface area contributed by atoms with E-state index in [0.29, 0.717) is 0 Å². The molecule has 1 saturated heterocycles. The SMILES string of the molecule is COc1ccccc1C[NH+]1CC[NH+](Cc2cccc3ccccc23)CC1. The lowest BCUT2D eigenvalue weighted by atomic mass is 10.0. The summed E-state index contributed by atoms with van der Waals surface area (Å²) in [5, 5.41) is 2.76. The maximum atomic E-state index is 5.51. The van der Waals surface area contributed by atoms with Gasteiger partial charge >= 0.3 is 0 Å². The normalized spacial score (nSPS) is 20.2. The van der Waals surface area contributed by atoms with Crippen LogP contribution in [0.2, 0.25) is 0 Å². The van der Waals surface area contributed by atoms with Crippen LogP contribution in [0.3, 0.4) is 0 Å². The van der Waals surface area contributed by atoms with Crippen molar-refractivity contribution in [3.63, 3.8) is 0 Å². The summed E-state index contributed by atoms with van der Waals surface area (Å²) < 4.78 is 5.51. The number of hydrogen-bond acceptors (Lipinski definition) is 1. The molecule has 1 aliphatic rings. The van der Waals surface area contributed by atoms with Crippen molar-refractivity contribution >= 4 is 10.8 Å². The molecule has 1 aliphatic heterocycles. The van der Waals surface area contributed by atoms with Crippen LogP contribution in [-0.2, 0) is 13.1 Å². The third kappa shape index (κ3) is 3.74. The predicted molar refractivity (Wildman–Crippen MR) is 106 cm³/mol. The Morgan fingerprint density at radius 3 is 2.04 bits per heavy atom. The predicted octanol–water partition coefficient (Wildman–Crippen LogP) is 1.33. The lowest BCUT2D eigenvalue weighted by Gasteiger charge is -2.30. The van der Waals surface area contributed by atoms with Gasteiger partial charge in [-0.15, -0.1) is 0 Å². The third-order valence-electron chi connectivity index (χ3n) is 5.62. The number of ether oxygens (including phenoxy) is 1. The van der Waals surface area contributed by atoms with Crippen molar-refractivity contribution < 1.29 is 14.5 Å². The Morgan fingerprint density at radius 2 is 1.27 bits per heavy atom. The summed E-state index contributed by atoms with van der Waals surface area (Å²) in [6.45, 7) is 7.09. The number of benzene rings is 3. The Hall–Kier alpha value is -2.36. The average molecular weight is 348 g/mol. The van der Waals surface area contributed by atoms with Crippen molar-refractivity contribution in [3.8, 4) is 5.75 Å². The van der Waals surface area contributed by atoms with Gasteiger partial charge in [0.1, 0.15) is 45.0 Å².